The van der Waals surface area contributed by atoms with Crippen molar-refractivity contribution in [3.8, 4) is 0 Å². The van der Waals surface area contributed by atoms with Crippen LogP contribution in [0.5, 0.6) is 0 Å². The van der Waals surface area contributed by atoms with E-state index in [0.29, 0.717) is 0 Å². The van der Waals surface area contributed by atoms with Crippen LogP contribution in [-0.4, -0.2) is 60.5 Å². The lowest BCUT2D eigenvalue weighted by Gasteiger charge is -2.24. The standard InChI is InChI=1S/C10H25NO3S2Si/c1-12-17(13-2,14-3)10-4-5-11-6-8-16-9-7-15/h11,15H,4-10H2,1-3H3. The maximum absolute atomic E-state index is 5.35. The molecule has 0 saturated heterocycles. The van der Waals surface area contributed by atoms with Gasteiger partial charge in [0.25, 0.3) is 0 Å². The van der Waals surface area contributed by atoms with Gasteiger partial charge in [0, 0.05) is 45.4 Å². The van der Waals surface area contributed by atoms with E-state index in [9.17, 15) is 0 Å². The summed E-state index contributed by atoms with van der Waals surface area (Å²) in [6.07, 6.45) is 1.01. The minimum absolute atomic E-state index is 0.854. The number of hydrogen-bond acceptors (Lipinski definition) is 6. The summed E-state index contributed by atoms with van der Waals surface area (Å²) in [6.45, 7) is 2.02. The second-order valence-corrected chi connectivity index (χ2v) is 8.25. The number of rotatable bonds is 12. The van der Waals surface area contributed by atoms with Crippen LogP contribution < -0.4 is 5.32 Å². The van der Waals surface area contributed by atoms with Gasteiger partial charge in [-0.3, -0.25) is 0 Å². The predicted molar refractivity (Wildman–Crippen MR) is 80.3 cm³/mol. The molecule has 0 fully saturated rings. The van der Waals surface area contributed by atoms with E-state index in [1.54, 1.807) is 21.3 Å². The summed E-state index contributed by atoms with van der Waals surface area (Å²) in [5.74, 6) is 3.22. The first-order valence-corrected chi connectivity index (χ1v) is 9.51. The normalized spacial score (nSPS) is 12.0. The minimum atomic E-state index is -2.35. The van der Waals surface area contributed by atoms with Crippen LogP contribution in [0.2, 0.25) is 6.04 Å². The number of hydrogen-bond donors (Lipinski definition) is 2. The van der Waals surface area contributed by atoms with Crippen molar-refractivity contribution in [1.29, 1.82) is 0 Å². The van der Waals surface area contributed by atoms with Gasteiger partial charge in [0.15, 0.2) is 0 Å². The highest BCUT2D eigenvalue weighted by molar-refractivity contribution is 8.00. The fourth-order valence-electron chi connectivity index (χ4n) is 1.42. The molecule has 0 spiro atoms. The van der Waals surface area contributed by atoms with Gasteiger partial charge in [-0.1, -0.05) is 0 Å². The summed E-state index contributed by atoms with van der Waals surface area (Å²) in [4.78, 5) is 0. The maximum Gasteiger partial charge on any atom is 0.500 e. The Balaban J connectivity index is 3.43. The average molecular weight is 300 g/mol. The van der Waals surface area contributed by atoms with Gasteiger partial charge < -0.3 is 18.6 Å². The molecule has 7 heteroatoms. The lowest BCUT2D eigenvalue weighted by atomic mass is 10.5. The van der Waals surface area contributed by atoms with Crippen molar-refractivity contribution in [3.05, 3.63) is 0 Å². The van der Waals surface area contributed by atoms with Crippen molar-refractivity contribution in [2.24, 2.45) is 0 Å². The largest absolute Gasteiger partial charge is 0.500 e. The zero-order chi connectivity index (χ0) is 13.0. The Morgan fingerprint density at radius 2 is 1.71 bits per heavy atom. The topological polar surface area (TPSA) is 39.7 Å². The highest BCUT2D eigenvalue weighted by Gasteiger charge is 2.36. The fourth-order valence-corrected chi connectivity index (χ4v) is 4.15. The molecule has 0 heterocycles. The van der Waals surface area contributed by atoms with Crippen molar-refractivity contribution in [2.45, 2.75) is 12.5 Å². The van der Waals surface area contributed by atoms with Crippen LogP contribution in [0.15, 0.2) is 0 Å². The molecule has 0 saturated carbocycles. The molecule has 0 atom stereocenters. The second kappa shape index (κ2) is 11.8. The highest BCUT2D eigenvalue weighted by Crippen LogP contribution is 2.14. The number of thioether (sulfide) groups is 1. The van der Waals surface area contributed by atoms with E-state index in [-0.39, 0.29) is 0 Å². The van der Waals surface area contributed by atoms with Crippen LogP contribution in [0, 0.1) is 0 Å². The molecule has 0 aromatic rings. The van der Waals surface area contributed by atoms with Crippen molar-refractivity contribution in [3.63, 3.8) is 0 Å². The van der Waals surface area contributed by atoms with Crippen molar-refractivity contribution in [2.75, 3.05) is 51.7 Å². The Labute approximate surface area is 116 Å². The third-order valence-corrected chi connectivity index (χ3v) is 6.77. The molecule has 104 valence electrons. The fraction of sp³-hybridized carbons (Fsp3) is 1.00. The number of thiol groups is 1. The first-order chi connectivity index (χ1) is 8.24. The summed E-state index contributed by atoms with van der Waals surface area (Å²) in [7, 11) is 2.61. The second-order valence-electron chi connectivity index (χ2n) is 3.48. The first kappa shape index (κ1) is 17.8. The van der Waals surface area contributed by atoms with E-state index >= 15 is 0 Å². The van der Waals surface area contributed by atoms with Gasteiger partial charge >= 0.3 is 8.80 Å². The Morgan fingerprint density at radius 3 is 2.24 bits per heavy atom. The van der Waals surface area contributed by atoms with Crippen molar-refractivity contribution >= 4 is 33.2 Å². The predicted octanol–water partition coefficient (Wildman–Crippen LogP) is 1.51. The molecule has 0 bridgehead atoms. The van der Waals surface area contributed by atoms with Gasteiger partial charge in [-0.2, -0.15) is 24.4 Å². The quantitative estimate of drug-likeness (QED) is 0.325. The van der Waals surface area contributed by atoms with Crippen molar-refractivity contribution in [1.82, 2.24) is 5.32 Å². The summed E-state index contributed by atoms with van der Waals surface area (Å²) in [5.41, 5.74) is 0. The van der Waals surface area contributed by atoms with E-state index < -0.39 is 8.80 Å². The molecule has 4 nitrogen and oxygen atoms in total. The van der Waals surface area contributed by atoms with Crippen LogP contribution in [0.1, 0.15) is 6.42 Å². The Kier molecular flexibility index (Phi) is 12.4. The van der Waals surface area contributed by atoms with Gasteiger partial charge in [0.05, 0.1) is 0 Å². The molecule has 0 rings (SSSR count). The maximum atomic E-state index is 5.35. The molecule has 0 amide bonds. The lowest BCUT2D eigenvalue weighted by Crippen LogP contribution is -2.43. The first-order valence-electron chi connectivity index (χ1n) is 5.79. The third kappa shape index (κ3) is 8.47. The van der Waals surface area contributed by atoms with Crippen molar-refractivity contribution < 1.29 is 13.3 Å². The van der Waals surface area contributed by atoms with Crippen LogP contribution in [-0.2, 0) is 13.3 Å². The molecule has 0 aromatic heterocycles. The van der Waals surface area contributed by atoms with E-state index in [2.05, 4.69) is 17.9 Å². The molecule has 0 aliphatic heterocycles. The smallest absolute Gasteiger partial charge is 0.377 e. The van der Waals surface area contributed by atoms with E-state index in [1.807, 2.05) is 11.8 Å². The van der Waals surface area contributed by atoms with E-state index in [1.165, 1.54) is 0 Å². The zero-order valence-electron chi connectivity index (χ0n) is 11.0. The van der Waals surface area contributed by atoms with Gasteiger partial charge in [-0.25, -0.2) is 0 Å². The van der Waals surface area contributed by atoms with Crippen LogP contribution >= 0.6 is 24.4 Å². The van der Waals surface area contributed by atoms with Crippen LogP contribution in [0.3, 0.4) is 0 Å². The number of nitrogens with one attached hydrogen (secondary N) is 1. The molecular formula is C10H25NO3S2Si. The summed E-state index contributed by atoms with van der Waals surface area (Å²) < 4.78 is 16.0. The van der Waals surface area contributed by atoms with Gasteiger partial charge in [0.1, 0.15) is 0 Å². The zero-order valence-corrected chi connectivity index (χ0v) is 13.7. The highest BCUT2D eigenvalue weighted by atomic mass is 32.2. The van der Waals surface area contributed by atoms with E-state index in [0.717, 1.165) is 42.8 Å². The van der Waals surface area contributed by atoms with Gasteiger partial charge in [0.2, 0.25) is 0 Å². The molecule has 17 heavy (non-hydrogen) atoms. The molecule has 0 radical (unpaired) electrons. The summed E-state index contributed by atoms with van der Waals surface area (Å²) in [5, 5.41) is 3.40. The van der Waals surface area contributed by atoms with Gasteiger partial charge in [-0.15, -0.1) is 0 Å². The molecule has 0 aliphatic rings. The molecule has 0 unspecified atom stereocenters. The Bertz CT molecular complexity index is 165. The van der Waals surface area contributed by atoms with Crippen LogP contribution in [0.25, 0.3) is 0 Å². The summed E-state index contributed by atoms with van der Waals surface area (Å²) in [6, 6.07) is 0.854. The minimum Gasteiger partial charge on any atom is -0.377 e. The molecule has 0 aromatic carbocycles. The Morgan fingerprint density at radius 1 is 1.06 bits per heavy atom. The SMILES string of the molecule is CO[Si](CCCNCCSCCS)(OC)OC. The Hall–Kier alpha value is 0.757. The lowest BCUT2D eigenvalue weighted by molar-refractivity contribution is 0.123. The van der Waals surface area contributed by atoms with E-state index in [4.69, 9.17) is 13.3 Å². The molecule has 1 N–H and O–H groups in total. The monoisotopic (exact) mass is 299 g/mol. The van der Waals surface area contributed by atoms with Crippen LogP contribution in [0.4, 0.5) is 0 Å². The average Bonchev–Trinajstić information content (AvgIpc) is 2.38. The molecular weight excluding hydrogens is 274 g/mol. The summed E-state index contributed by atoms with van der Waals surface area (Å²) >= 11 is 6.09. The third-order valence-electron chi connectivity index (χ3n) is 2.43. The van der Waals surface area contributed by atoms with Gasteiger partial charge in [-0.05, 0) is 18.7 Å². The molecule has 0 aliphatic carbocycles.